The van der Waals surface area contributed by atoms with E-state index >= 15 is 0 Å². The van der Waals surface area contributed by atoms with E-state index in [1.807, 2.05) is 0 Å². The Bertz CT molecular complexity index is 1850. The van der Waals surface area contributed by atoms with Crippen LogP contribution in [0.2, 0.25) is 0 Å². The first-order valence-electron chi connectivity index (χ1n) is 13.1. The Kier molecular flexibility index (Phi) is 7.15. The lowest BCUT2D eigenvalue weighted by Crippen LogP contribution is -2.35. The first-order chi connectivity index (χ1) is 20.3. The van der Waals surface area contributed by atoms with E-state index in [4.69, 9.17) is 0 Å². The van der Waals surface area contributed by atoms with Crippen LogP contribution in [0.1, 0.15) is 60.8 Å². The van der Waals surface area contributed by atoms with Crippen LogP contribution in [0.15, 0.2) is 36.7 Å². The van der Waals surface area contributed by atoms with Gasteiger partial charge in [-0.05, 0) is 51.8 Å². The lowest BCUT2D eigenvalue weighted by molar-refractivity contribution is -0.182. The monoisotopic (exact) mass is 588 g/mol. The molecule has 1 fully saturated rings. The van der Waals surface area contributed by atoms with Crippen molar-refractivity contribution >= 4 is 22.3 Å². The zero-order valence-electron chi connectivity index (χ0n) is 23.3. The van der Waals surface area contributed by atoms with Gasteiger partial charge in [0.1, 0.15) is 17.8 Å². The normalized spacial score (nSPS) is 14.8. The highest BCUT2D eigenvalue weighted by atomic mass is 19.4. The molecule has 1 aliphatic carbocycles. The minimum absolute atomic E-state index is 0.114. The number of benzene rings is 1. The molecule has 1 saturated carbocycles. The number of aromatic nitrogens is 5. The highest BCUT2D eigenvalue weighted by Gasteiger charge is 2.66. The number of aryl methyl sites for hydroxylation is 1. The van der Waals surface area contributed by atoms with Crippen LogP contribution in [0.4, 0.5) is 28.9 Å². The highest BCUT2D eigenvalue weighted by Crippen LogP contribution is 2.55. The number of nitrogens with zero attached hydrogens (tertiary/aromatic N) is 8. The number of hydrogen-bond acceptors (Lipinski definition) is 9. The molecule has 4 aromatic rings. The van der Waals surface area contributed by atoms with E-state index in [0.717, 1.165) is 10.7 Å². The molecule has 3 aromatic heterocycles. The summed E-state index contributed by atoms with van der Waals surface area (Å²) in [6.45, 7) is 5.19. The number of fused-ring (bicyclic) bond motifs is 1. The van der Waals surface area contributed by atoms with Crippen LogP contribution in [0.5, 0.6) is 0 Å². The van der Waals surface area contributed by atoms with Gasteiger partial charge in [0.2, 0.25) is 5.95 Å². The molecule has 43 heavy (non-hydrogen) atoms. The Labute approximate surface area is 243 Å². The first-order valence-corrected chi connectivity index (χ1v) is 13.1. The summed E-state index contributed by atoms with van der Waals surface area (Å²) in [6.07, 6.45) is -2.24. The molecule has 0 spiro atoms. The fraction of sp³-hybridized carbons (Fsp3) is 0.345. The standard InChI is InChI=1S/C29H24F4N10/c1-16-20(4-5-23(30)39-16)26(22-13-43(42-41-22)28(6-7-28)29(31,32)33)40-19-8-17(10-34)24-21(9-19)25(18(11-35)12-37-24)38-15-27(2,3)14-36/h4-5,8-9,12-13,26,40H,6-7,15H2,1-3H3,(H,37,38). The second kappa shape index (κ2) is 10.5. The Hall–Kier alpha value is -5.29. The third-order valence-electron chi connectivity index (χ3n) is 7.43. The average molecular weight is 589 g/mol. The molecule has 1 aromatic carbocycles. The zero-order chi connectivity index (χ0) is 31.2. The summed E-state index contributed by atoms with van der Waals surface area (Å²) >= 11 is 0. The van der Waals surface area contributed by atoms with Gasteiger partial charge in [0, 0.05) is 35.1 Å². The van der Waals surface area contributed by atoms with Crippen molar-refractivity contribution in [1.82, 2.24) is 25.0 Å². The number of anilines is 2. The molecule has 0 radical (unpaired) electrons. The van der Waals surface area contributed by atoms with Gasteiger partial charge < -0.3 is 10.6 Å². The Morgan fingerprint density at radius 2 is 1.81 bits per heavy atom. The predicted octanol–water partition coefficient (Wildman–Crippen LogP) is 5.63. The van der Waals surface area contributed by atoms with Gasteiger partial charge in [0.15, 0.2) is 5.54 Å². The Morgan fingerprint density at radius 3 is 2.42 bits per heavy atom. The van der Waals surface area contributed by atoms with E-state index < -0.39 is 29.1 Å². The summed E-state index contributed by atoms with van der Waals surface area (Å²) in [7, 11) is 0. The zero-order valence-corrected chi connectivity index (χ0v) is 23.3. The molecule has 10 nitrogen and oxygen atoms in total. The summed E-state index contributed by atoms with van der Waals surface area (Å²) in [5, 5.41) is 43.8. The molecule has 0 amide bonds. The van der Waals surface area contributed by atoms with Crippen molar-refractivity contribution in [3.05, 3.63) is 70.7 Å². The number of rotatable bonds is 8. The van der Waals surface area contributed by atoms with Crippen LogP contribution >= 0.6 is 0 Å². The molecule has 1 atom stereocenters. The largest absolute Gasteiger partial charge is 0.413 e. The van der Waals surface area contributed by atoms with Crippen LogP contribution in [0.3, 0.4) is 0 Å². The van der Waals surface area contributed by atoms with Crippen LogP contribution in [-0.2, 0) is 5.54 Å². The van der Waals surface area contributed by atoms with E-state index in [-0.39, 0.29) is 41.9 Å². The van der Waals surface area contributed by atoms with Crippen LogP contribution in [-0.4, -0.2) is 37.7 Å². The number of nitriles is 3. The summed E-state index contributed by atoms with van der Waals surface area (Å²) in [5.41, 5.74) is -0.789. The SMILES string of the molecule is Cc1nc(F)ccc1C(Nc1cc(C#N)c2ncc(C#N)c(NCC(C)(C)C#N)c2c1)c1cn(C2(C(F)(F)F)CC2)nn1. The van der Waals surface area contributed by atoms with Crippen molar-refractivity contribution in [1.29, 1.82) is 15.8 Å². The Morgan fingerprint density at radius 1 is 1.09 bits per heavy atom. The third kappa shape index (κ3) is 5.38. The molecule has 5 rings (SSSR count). The van der Waals surface area contributed by atoms with Crippen molar-refractivity contribution in [2.75, 3.05) is 17.2 Å². The lowest BCUT2D eigenvalue weighted by atomic mass is 9.95. The topological polar surface area (TPSA) is 152 Å². The molecule has 3 heterocycles. The lowest BCUT2D eigenvalue weighted by Gasteiger charge is -2.22. The number of halogens is 4. The van der Waals surface area contributed by atoms with Gasteiger partial charge >= 0.3 is 6.18 Å². The number of pyridine rings is 2. The van der Waals surface area contributed by atoms with Crippen molar-refractivity contribution in [3.63, 3.8) is 0 Å². The van der Waals surface area contributed by atoms with Crippen molar-refractivity contribution < 1.29 is 17.6 Å². The van der Waals surface area contributed by atoms with Gasteiger partial charge in [-0.15, -0.1) is 5.10 Å². The second-order valence-corrected chi connectivity index (χ2v) is 11.0. The van der Waals surface area contributed by atoms with E-state index in [0.29, 0.717) is 27.8 Å². The predicted molar refractivity (Wildman–Crippen MR) is 147 cm³/mol. The van der Waals surface area contributed by atoms with Gasteiger partial charge in [-0.2, -0.15) is 33.3 Å². The van der Waals surface area contributed by atoms with Gasteiger partial charge in [-0.3, -0.25) is 4.98 Å². The number of hydrogen-bond donors (Lipinski definition) is 2. The average Bonchev–Trinajstić information content (AvgIpc) is 3.65. The fourth-order valence-corrected chi connectivity index (χ4v) is 4.80. The van der Waals surface area contributed by atoms with Crippen molar-refractivity contribution in [2.24, 2.45) is 5.41 Å². The molecule has 218 valence electrons. The molecule has 2 N–H and O–H groups in total. The smallest absolute Gasteiger partial charge is 0.382 e. The molecular formula is C29H24F4N10. The fourth-order valence-electron chi connectivity index (χ4n) is 4.80. The van der Waals surface area contributed by atoms with Crippen molar-refractivity contribution in [3.8, 4) is 18.2 Å². The van der Waals surface area contributed by atoms with E-state index in [2.05, 4.69) is 49.1 Å². The van der Waals surface area contributed by atoms with Crippen LogP contribution in [0.25, 0.3) is 10.9 Å². The van der Waals surface area contributed by atoms with E-state index in [9.17, 15) is 33.3 Å². The molecule has 1 aliphatic rings. The maximum Gasteiger partial charge on any atom is 0.413 e. The number of alkyl halides is 3. The van der Waals surface area contributed by atoms with Crippen molar-refractivity contribution in [2.45, 2.75) is 51.4 Å². The summed E-state index contributed by atoms with van der Waals surface area (Å²) < 4.78 is 56.2. The van der Waals surface area contributed by atoms with Gasteiger partial charge in [0.25, 0.3) is 0 Å². The summed E-state index contributed by atoms with van der Waals surface area (Å²) in [5.74, 6) is -0.735. The third-order valence-corrected chi connectivity index (χ3v) is 7.43. The first kappa shape index (κ1) is 29.2. The van der Waals surface area contributed by atoms with Gasteiger partial charge in [0.05, 0.1) is 46.1 Å². The van der Waals surface area contributed by atoms with Gasteiger partial charge in [-0.1, -0.05) is 11.3 Å². The molecule has 0 saturated heterocycles. The molecule has 1 unspecified atom stereocenters. The molecule has 0 bridgehead atoms. The Balaban J connectivity index is 1.64. The summed E-state index contributed by atoms with van der Waals surface area (Å²) in [6, 6.07) is 11.1. The minimum atomic E-state index is -4.52. The molecule has 0 aliphatic heterocycles. The molecule has 14 heteroatoms. The summed E-state index contributed by atoms with van der Waals surface area (Å²) in [4.78, 5) is 8.18. The second-order valence-electron chi connectivity index (χ2n) is 11.0. The van der Waals surface area contributed by atoms with Gasteiger partial charge in [-0.25, -0.2) is 9.67 Å². The van der Waals surface area contributed by atoms with E-state index in [1.54, 1.807) is 26.8 Å². The maximum absolute atomic E-state index is 13.9. The van der Waals surface area contributed by atoms with Crippen LogP contribution < -0.4 is 10.6 Å². The quantitative estimate of drug-likeness (QED) is 0.197. The molecular weight excluding hydrogens is 564 g/mol. The minimum Gasteiger partial charge on any atom is -0.382 e. The van der Waals surface area contributed by atoms with Crippen LogP contribution in [0, 0.1) is 52.3 Å². The number of nitrogens with one attached hydrogen (secondary N) is 2. The van der Waals surface area contributed by atoms with E-state index in [1.165, 1.54) is 24.5 Å². The highest BCUT2D eigenvalue weighted by molar-refractivity contribution is 5.99. The maximum atomic E-state index is 13.9.